The van der Waals surface area contributed by atoms with Crippen molar-refractivity contribution >= 4 is 23.3 Å². The molecule has 0 bridgehead atoms. The third-order valence-corrected chi connectivity index (χ3v) is 3.65. The van der Waals surface area contributed by atoms with Gasteiger partial charge >= 0.3 is 5.97 Å². The van der Waals surface area contributed by atoms with Gasteiger partial charge in [0, 0.05) is 12.5 Å². The number of nitrogens with one attached hydrogen (secondary N) is 2. The number of ether oxygens (including phenoxy) is 1. The summed E-state index contributed by atoms with van der Waals surface area (Å²) in [5.74, 6) is -0.190. The van der Waals surface area contributed by atoms with E-state index in [0.717, 1.165) is 0 Å². The van der Waals surface area contributed by atoms with E-state index in [-0.39, 0.29) is 18.1 Å². The highest BCUT2D eigenvalue weighted by Crippen LogP contribution is 2.18. The molecule has 4 nitrogen and oxygen atoms in total. The van der Waals surface area contributed by atoms with Crippen molar-refractivity contribution in [3.63, 3.8) is 0 Å². The summed E-state index contributed by atoms with van der Waals surface area (Å²) in [6, 6.07) is 0.201. The average molecular weight is 256 g/mol. The minimum absolute atomic E-state index is 0.00233. The molecule has 0 aromatic carbocycles. The molecule has 2 rings (SSSR count). The normalized spacial score (nSPS) is 29.8. The molecule has 96 valence electrons. The van der Waals surface area contributed by atoms with Crippen LogP contribution in [0.5, 0.6) is 0 Å². The van der Waals surface area contributed by atoms with Crippen LogP contribution in [0.15, 0.2) is 0 Å². The second kappa shape index (κ2) is 5.67. The van der Waals surface area contributed by atoms with E-state index in [0.29, 0.717) is 17.6 Å². The first kappa shape index (κ1) is 12.6. The smallest absolute Gasteiger partial charge is 0.329 e. The third-order valence-electron chi connectivity index (χ3n) is 3.42. The standard InChI is InChI=1S/C12H20N2O2S/c1-8-7-10(11(15)16-8)14-12(17)13-9-5-3-2-4-6-9/h8-10H,2-7H2,1H3,(H2,13,14,17)/t8-,10-/m0/s1. The van der Waals surface area contributed by atoms with Gasteiger partial charge in [0.05, 0.1) is 0 Å². The van der Waals surface area contributed by atoms with Crippen molar-refractivity contribution in [3.05, 3.63) is 0 Å². The Balaban J connectivity index is 1.75. The summed E-state index contributed by atoms with van der Waals surface area (Å²) < 4.78 is 5.08. The van der Waals surface area contributed by atoms with E-state index < -0.39 is 0 Å². The van der Waals surface area contributed by atoms with Gasteiger partial charge < -0.3 is 15.4 Å². The third kappa shape index (κ3) is 3.56. The molecular formula is C12H20N2O2S. The highest BCUT2D eigenvalue weighted by atomic mass is 32.1. The highest BCUT2D eigenvalue weighted by molar-refractivity contribution is 7.80. The topological polar surface area (TPSA) is 50.4 Å². The fourth-order valence-corrected chi connectivity index (χ4v) is 2.82. The Kier molecular flexibility index (Phi) is 4.20. The van der Waals surface area contributed by atoms with Gasteiger partial charge in [0.15, 0.2) is 5.11 Å². The van der Waals surface area contributed by atoms with Crippen molar-refractivity contribution in [2.75, 3.05) is 0 Å². The quantitative estimate of drug-likeness (QED) is 0.579. The van der Waals surface area contributed by atoms with Crippen molar-refractivity contribution in [1.29, 1.82) is 0 Å². The molecule has 0 aromatic heterocycles. The molecule has 1 saturated heterocycles. The first-order valence-electron chi connectivity index (χ1n) is 6.42. The molecular weight excluding hydrogens is 236 g/mol. The summed E-state index contributed by atoms with van der Waals surface area (Å²) in [7, 11) is 0. The van der Waals surface area contributed by atoms with E-state index in [1.165, 1.54) is 32.1 Å². The molecule has 1 saturated carbocycles. The lowest BCUT2D eigenvalue weighted by Crippen LogP contribution is -2.48. The van der Waals surface area contributed by atoms with Gasteiger partial charge in [-0.2, -0.15) is 0 Å². The van der Waals surface area contributed by atoms with Crippen molar-refractivity contribution in [1.82, 2.24) is 10.6 Å². The Bertz CT molecular complexity index is 303. The Morgan fingerprint density at radius 3 is 2.59 bits per heavy atom. The van der Waals surface area contributed by atoms with Crippen LogP contribution in [-0.2, 0) is 9.53 Å². The van der Waals surface area contributed by atoms with Crippen LogP contribution in [0.4, 0.5) is 0 Å². The monoisotopic (exact) mass is 256 g/mol. The molecule has 0 aromatic rings. The van der Waals surface area contributed by atoms with E-state index in [1.807, 2.05) is 6.92 Å². The Morgan fingerprint density at radius 1 is 1.29 bits per heavy atom. The van der Waals surface area contributed by atoms with Crippen LogP contribution in [0.1, 0.15) is 45.4 Å². The lowest BCUT2D eigenvalue weighted by molar-refractivity contribution is -0.142. The van der Waals surface area contributed by atoms with Gasteiger partial charge in [0.25, 0.3) is 0 Å². The van der Waals surface area contributed by atoms with Gasteiger partial charge in [-0.3, -0.25) is 0 Å². The first-order valence-corrected chi connectivity index (χ1v) is 6.83. The average Bonchev–Trinajstić information content (AvgIpc) is 2.58. The van der Waals surface area contributed by atoms with Crippen LogP contribution in [-0.4, -0.2) is 29.3 Å². The molecule has 0 amide bonds. The van der Waals surface area contributed by atoms with Crippen molar-refractivity contribution < 1.29 is 9.53 Å². The summed E-state index contributed by atoms with van der Waals surface area (Å²) >= 11 is 5.23. The lowest BCUT2D eigenvalue weighted by Gasteiger charge is -2.25. The maximum Gasteiger partial charge on any atom is 0.329 e. The molecule has 2 N–H and O–H groups in total. The van der Waals surface area contributed by atoms with E-state index in [4.69, 9.17) is 17.0 Å². The largest absolute Gasteiger partial charge is 0.461 e. The van der Waals surface area contributed by atoms with Crippen LogP contribution in [0, 0.1) is 0 Å². The molecule has 2 fully saturated rings. The molecule has 1 heterocycles. The van der Waals surface area contributed by atoms with E-state index in [1.54, 1.807) is 0 Å². The highest BCUT2D eigenvalue weighted by Gasteiger charge is 2.32. The number of hydrogen-bond acceptors (Lipinski definition) is 3. The molecule has 0 unspecified atom stereocenters. The predicted octanol–water partition coefficient (Wildman–Crippen LogP) is 1.49. The zero-order valence-electron chi connectivity index (χ0n) is 10.2. The van der Waals surface area contributed by atoms with Crippen LogP contribution >= 0.6 is 12.2 Å². The fourth-order valence-electron chi connectivity index (χ4n) is 2.51. The van der Waals surface area contributed by atoms with E-state index in [2.05, 4.69) is 10.6 Å². The maximum atomic E-state index is 11.4. The van der Waals surface area contributed by atoms with Crippen LogP contribution in [0.2, 0.25) is 0 Å². The summed E-state index contributed by atoms with van der Waals surface area (Å²) in [4.78, 5) is 11.4. The summed E-state index contributed by atoms with van der Waals surface area (Å²) in [6.07, 6.45) is 6.90. The van der Waals surface area contributed by atoms with Gasteiger partial charge in [-0.15, -0.1) is 0 Å². The van der Waals surface area contributed by atoms with Gasteiger partial charge in [-0.1, -0.05) is 19.3 Å². The Morgan fingerprint density at radius 2 is 2.00 bits per heavy atom. The Labute approximate surface area is 107 Å². The summed E-state index contributed by atoms with van der Waals surface area (Å²) in [5.41, 5.74) is 0. The molecule has 5 heteroatoms. The van der Waals surface area contributed by atoms with Crippen LogP contribution in [0.25, 0.3) is 0 Å². The second-order valence-electron chi connectivity index (χ2n) is 4.99. The van der Waals surface area contributed by atoms with Gasteiger partial charge in [-0.25, -0.2) is 4.79 Å². The molecule has 2 aliphatic rings. The zero-order valence-corrected chi connectivity index (χ0v) is 11.0. The maximum absolute atomic E-state index is 11.4. The minimum Gasteiger partial charge on any atom is -0.461 e. The molecule has 0 spiro atoms. The number of esters is 1. The fraction of sp³-hybridized carbons (Fsp3) is 0.833. The molecule has 0 radical (unpaired) electrons. The SMILES string of the molecule is C[C@H]1C[C@H](NC(=S)NC2CCCCC2)C(=O)O1. The van der Waals surface area contributed by atoms with E-state index >= 15 is 0 Å². The van der Waals surface area contributed by atoms with Gasteiger partial charge in [0.1, 0.15) is 12.1 Å². The van der Waals surface area contributed by atoms with Crippen LogP contribution in [0.3, 0.4) is 0 Å². The number of carbonyl (C=O) groups is 1. The van der Waals surface area contributed by atoms with Crippen LogP contribution < -0.4 is 10.6 Å². The van der Waals surface area contributed by atoms with E-state index in [9.17, 15) is 4.79 Å². The Hall–Kier alpha value is -0.840. The second-order valence-corrected chi connectivity index (χ2v) is 5.40. The lowest BCUT2D eigenvalue weighted by atomic mass is 9.96. The van der Waals surface area contributed by atoms with Gasteiger partial charge in [-0.05, 0) is 32.0 Å². The van der Waals surface area contributed by atoms with Crippen molar-refractivity contribution in [3.8, 4) is 0 Å². The number of cyclic esters (lactones) is 1. The number of carbonyl (C=O) groups excluding carboxylic acids is 1. The zero-order chi connectivity index (χ0) is 12.3. The van der Waals surface area contributed by atoms with Crippen molar-refractivity contribution in [2.45, 2.75) is 63.6 Å². The van der Waals surface area contributed by atoms with Crippen molar-refractivity contribution in [2.24, 2.45) is 0 Å². The molecule has 1 aliphatic heterocycles. The molecule has 17 heavy (non-hydrogen) atoms. The summed E-state index contributed by atoms with van der Waals surface area (Å²) in [6.45, 7) is 1.90. The number of rotatable bonds is 2. The summed E-state index contributed by atoms with van der Waals surface area (Å²) in [5, 5.41) is 6.94. The minimum atomic E-state index is -0.270. The number of hydrogen-bond donors (Lipinski definition) is 2. The first-order chi connectivity index (χ1) is 8.15. The number of thiocarbonyl (C=S) groups is 1. The predicted molar refractivity (Wildman–Crippen MR) is 69.7 cm³/mol. The molecule has 1 aliphatic carbocycles. The van der Waals surface area contributed by atoms with Gasteiger partial charge in [0.2, 0.25) is 0 Å². The molecule has 2 atom stereocenters.